The first-order valence-corrected chi connectivity index (χ1v) is 12.5. The van der Waals surface area contributed by atoms with E-state index in [1.807, 2.05) is 97.3 Å². The maximum atomic E-state index is 12.8. The fraction of sp³-hybridized carbons (Fsp3) is 0.222. The molecule has 1 aromatic heterocycles. The molecule has 0 fully saturated rings. The van der Waals surface area contributed by atoms with Crippen LogP contribution in [-0.2, 0) is 4.79 Å². The molecule has 9 heteroatoms. The molecular weight excluding hydrogens is 476 g/mol. The normalized spacial score (nSPS) is 11.5. The lowest BCUT2D eigenvalue weighted by molar-refractivity contribution is -0.113. The number of ether oxygens (including phenoxy) is 3. The van der Waals surface area contributed by atoms with Crippen molar-refractivity contribution in [3.8, 4) is 22.9 Å². The summed E-state index contributed by atoms with van der Waals surface area (Å²) in [4.78, 5) is 12.8. The third-order valence-electron chi connectivity index (χ3n) is 5.18. The van der Waals surface area contributed by atoms with E-state index in [2.05, 4.69) is 15.5 Å². The van der Waals surface area contributed by atoms with Crippen LogP contribution in [0.4, 0.5) is 5.69 Å². The van der Waals surface area contributed by atoms with Crippen molar-refractivity contribution in [1.29, 1.82) is 0 Å². The number of benzene rings is 3. The lowest BCUT2D eigenvalue weighted by Gasteiger charge is -2.17. The van der Waals surface area contributed by atoms with E-state index in [4.69, 9.17) is 14.2 Å². The van der Waals surface area contributed by atoms with Gasteiger partial charge in [0.25, 0.3) is 0 Å². The molecule has 1 atom stereocenters. The number of methoxy groups -OCH3 is 1. The molecule has 36 heavy (non-hydrogen) atoms. The van der Waals surface area contributed by atoms with Crippen molar-refractivity contribution in [3.63, 3.8) is 0 Å². The smallest absolute Gasteiger partial charge is 0.234 e. The second kappa shape index (κ2) is 12.1. The molecule has 0 bridgehead atoms. The number of nitrogens with one attached hydrogen (secondary N) is 1. The highest BCUT2D eigenvalue weighted by atomic mass is 32.2. The molecule has 0 spiro atoms. The van der Waals surface area contributed by atoms with Gasteiger partial charge in [0.05, 0.1) is 25.2 Å². The number of amides is 1. The summed E-state index contributed by atoms with van der Waals surface area (Å²) in [6.07, 6.45) is -0.411. The van der Waals surface area contributed by atoms with Crippen LogP contribution in [-0.4, -0.2) is 40.1 Å². The minimum absolute atomic E-state index is 0.149. The number of carbonyl (C=O) groups excluding carboxylic acids is 1. The Bertz CT molecular complexity index is 1300. The largest absolute Gasteiger partial charge is 0.497 e. The Morgan fingerprint density at radius 2 is 1.75 bits per heavy atom. The fourth-order valence-electron chi connectivity index (χ4n) is 3.56. The number of thioether (sulfide) groups is 1. The SMILES string of the molecule is CCOc1ccccc1NC(=O)CSc1nnc(C(C)Oc2cccc(OC)c2)n1-c1ccccc1. The van der Waals surface area contributed by atoms with Crippen LogP contribution in [0, 0.1) is 0 Å². The number of para-hydroxylation sites is 3. The maximum Gasteiger partial charge on any atom is 0.234 e. The van der Waals surface area contributed by atoms with Crippen LogP contribution in [0.1, 0.15) is 25.8 Å². The molecule has 8 nitrogen and oxygen atoms in total. The van der Waals surface area contributed by atoms with Crippen LogP contribution in [0.2, 0.25) is 0 Å². The molecule has 0 saturated carbocycles. The van der Waals surface area contributed by atoms with Gasteiger partial charge in [-0.3, -0.25) is 9.36 Å². The van der Waals surface area contributed by atoms with E-state index < -0.39 is 6.10 Å². The maximum absolute atomic E-state index is 12.8. The molecule has 4 rings (SSSR count). The summed E-state index contributed by atoms with van der Waals surface area (Å²) < 4.78 is 19.0. The summed E-state index contributed by atoms with van der Waals surface area (Å²) in [6.45, 7) is 4.33. The van der Waals surface area contributed by atoms with Gasteiger partial charge in [0.1, 0.15) is 17.2 Å². The van der Waals surface area contributed by atoms with E-state index >= 15 is 0 Å². The number of rotatable bonds is 11. The van der Waals surface area contributed by atoms with Gasteiger partial charge in [-0.25, -0.2) is 0 Å². The van der Waals surface area contributed by atoms with Crippen molar-refractivity contribution in [2.75, 3.05) is 24.8 Å². The van der Waals surface area contributed by atoms with Gasteiger partial charge < -0.3 is 19.5 Å². The second-order valence-corrected chi connectivity index (χ2v) is 8.66. The fourth-order valence-corrected chi connectivity index (χ4v) is 4.32. The predicted octanol–water partition coefficient (Wildman–Crippen LogP) is 5.55. The lowest BCUT2D eigenvalue weighted by atomic mass is 10.3. The van der Waals surface area contributed by atoms with E-state index in [0.717, 1.165) is 5.69 Å². The lowest BCUT2D eigenvalue weighted by Crippen LogP contribution is -2.16. The number of carbonyl (C=O) groups is 1. The molecule has 1 amide bonds. The molecule has 3 aromatic carbocycles. The van der Waals surface area contributed by atoms with Crippen molar-refractivity contribution in [3.05, 3.63) is 84.7 Å². The zero-order chi connectivity index (χ0) is 25.3. The van der Waals surface area contributed by atoms with Gasteiger partial charge in [-0.1, -0.05) is 48.2 Å². The summed E-state index contributed by atoms with van der Waals surface area (Å²) in [7, 11) is 1.61. The molecule has 4 aromatic rings. The van der Waals surface area contributed by atoms with Gasteiger partial charge in [0.2, 0.25) is 5.91 Å². The first-order chi connectivity index (χ1) is 17.6. The zero-order valence-electron chi connectivity index (χ0n) is 20.4. The van der Waals surface area contributed by atoms with Gasteiger partial charge in [-0.05, 0) is 50.2 Å². The molecule has 1 unspecified atom stereocenters. The number of aromatic nitrogens is 3. The molecule has 0 aliphatic rings. The first kappa shape index (κ1) is 25.1. The van der Waals surface area contributed by atoms with Gasteiger partial charge in [-0.15, -0.1) is 10.2 Å². The van der Waals surface area contributed by atoms with E-state index in [0.29, 0.717) is 40.5 Å². The van der Waals surface area contributed by atoms with E-state index in [9.17, 15) is 4.79 Å². The Balaban J connectivity index is 1.53. The van der Waals surface area contributed by atoms with E-state index in [1.54, 1.807) is 7.11 Å². The van der Waals surface area contributed by atoms with Gasteiger partial charge in [-0.2, -0.15) is 0 Å². The Labute approximate surface area is 214 Å². The molecular formula is C27H28N4O4S. The molecule has 1 heterocycles. The third kappa shape index (κ3) is 6.17. The third-order valence-corrected chi connectivity index (χ3v) is 6.11. The summed E-state index contributed by atoms with van der Waals surface area (Å²) >= 11 is 1.30. The van der Waals surface area contributed by atoms with E-state index in [1.165, 1.54) is 11.8 Å². The molecule has 0 saturated heterocycles. The number of hydrogen-bond donors (Lipinski definition) is 1. The van der Waals surface area contributed by atoms with Crippen LogP contribution in [0.5, 0.6) is 17.2 Å². The van der Waals surface area contributed by atoms with Crippen LogP contribution in [0.15, 0.2) is 84.0 Å². The summed E-state index contributed by atoms with van der Waals surface area (Å²) in [5, 5.41) is 12.3. The Morgan fingerprint density at radius 1 is 1.00 bits per heavy atom. The van der Waals surface area contributed by atoms with Gasteiger partial charge >= 0.3 is 0 Å². The quantitative estimate of drug-likeness (QED) is 0.268. The zero-order valence-corrected chi connectivity index (χ0v) is 21.2. The van der Waals surface area contributed by atoms with Crippen molar-refractivity contribution in [2.24, 2.45) is 0 Å². The number of anilines is 1. The van der Waals surface area contributed by atoms with Crippen LogP contribution in [0.25, 0.3) is 5.69 Å². The highest BCUT2D eigenvalue weighted by molar-refractivity contribution is 7.99. The van der Waals surface area contributed by atoms with Crippen molar-refractivity contribution < 1.29 is 19.0 Å². The highest BCUT2D eigenvalue weighted by Crippen LogP contribution is 2.30. The Kier molecular flexibility index (Phi) is 8.46. The predicted molar refractivity (Wildman–Crippen MR) is 140 cm³/mol. The van der Waals surface area contributed by atoms with E-state index in [-0.39, 0.29) is 11.7 Å². The van der Waals surface area contributed by atoms with Crippen LogP contribution >= 0.6 is 11.8 Å². The van der Waals surface area contributed by atoms with Crippen molar-refractivity contribution in [2.45, 2.75) is 25.1 Å². The minimum Gasteiger partial charge on any atom is -0.497 e. The molecule has 0 aliphatic carbocycles. The van der Waals surface area contributed by atoms with Gasteiger partial charge in [0.15, 0.2) is 17.1 Å². The summed E-state index contributed by atoms with van der Waals surface area (Å²) in [5.41, 5.74) is 1.51. The average Bonchev–Trinajstić information content (AvgIpc) is 3.33. The van der Waals surface area contributed by atoms with Crippen LogP contribution in [0.3, 0.4) is 0 Å². The second-order valence-electron chi connectivity index (χ2n) is 7.72. The molecule has 0 aliphatic heterocycles. The van der Waals surface area contributed by atoms with Crippen LogP contribution < -0.4 is 19.5 Å². The number of hydrogen-bond acceptors (Lipinski definition) is 7. The summed E-state index contributed by atoms with van der Waals surface area (Å²) in [6, 6.07) is 24.5. The Morgan fingerprint density at radius 3 is 2.53 bits per heavy atom. The molecule has 186 valence electrons. The highest BCUT2D eigenvalue weighted by Gasteiger charge is 2.22. The van der Waals surface area contributed by atoms with Crippen molar-refractivity contribution >= 4 is 23.4 Å². The Hall–Kier alpha value is -3.98. The molecule has 1 N–H and O–H groups in total. The van der Waals surface area contributed by atoms with Crippen molar-refractivity contribution in [1.82, 2.24) is 14.8 Å². The topological polar surface area (TPSA) is 87.5 Å². The minimum atomic E-state index is -0.411. The summed E-state index contributed by atoms with van der Waals surface area (Å²) in [5.74, 6) is 2.60. The monoisotopic (exact) mass is 504 g/mol. The average molecular weight is 505 g/mol. The molecule has 0 radical (unpaired) electrons. The first-order valence-electron chi connectivity index (χ1n) is 11.5. The number of nitrogens with zero attached hydrogens (tertiary/aromatic N) is 3. The van der Waals surface area contributed by atoms with Gasteiger partial charge in [0, 0.05) is 11.8 Å². The standard InChI is InChI=1S/C27H28N4O4S/c1-4-34-24-16-9-8-15-23(24)28-25(32)18-36-27-30-29-26(31(27)20-11-6-5-7-12-20)19(2)35-22-14-10-13-21(17-22)33-3/h5-17,19H,4,18H2,1-3H3,(H,28,32).